The first-order chi connectivity index (χ1) is 18.0. The molecule has 1 amide bonds. The Morgan fingerprint density at radius 2 is 1.86 bits per heavy atom. The minimum Gasteiger partial charge on any atom is -0.387 e. The molecule has 0 bridgehead atoms. The van der Waals surface area contributed by atoms with Gasteiger partial charge < -0.3 is 15.3 Å². The van der Waals surface area contributed by atoms with Crippen LogP contribution in [0.2, 0.25) is 5.02 Å². The van der Waals surface area contributed by atoms with Crippen LogP contribution in [0, 0.1) is 0 Å². The van der Waals surface area contributed by atoms with Crippen molar-refractivity contribution < 1.29 is 9.90 Å². The van der Waals surface area contributed by atoms with E-state index in [1.54, 1.807) is 11.1 Å². The third-order valence-electron chi connectivity index (χ3n) is 6.86. The number of carbonyl (C=O) groups is 1. The fourth-order valence-electron chi connectivity index (χ4n) is 4.83. The van der Waals surface area contributed by atoms with Crippen molar-refractivity contribution >= 4 is 23.5 Å². The number of rotatable bonds is 7. The smallest absolute Gasteiger partial charge is 0.248 e. The van der Waals surface area contributed by atoms with Crippen molar-refractivity contribution in [2.75, 3.05) is 25.0 Å². The summed E-state index contributed by atoms with van der Waals surface area (Å²) in [6.45, 7) is 2.79. The lowest BCUT2D eigenvalue weighted by atomic mass is 9.89. The molecule has 1 atom stereocenters. The van der Waals surface area contributed by atoms with Gasteiger partial charge in [-0.15, -0.1) is 0 Å². The van der Waals surface area contributed by atoms with Gasteiger partial charge in [0.1, 0.15) is 12.3 Å². The number of aliphatic hydroxyl groups is 1. The molecule has 0 spiro atoms. The zero-order valence-electron chi connectivity index (χ0n) is 20.6. The monoisotopic (exact) mass is 516 g/mol. The summed E-state index contributed by atoms with van der Waals surface area (Å²) >= 11 is 6.15. The first-order valence-electron chi connectivity index (χ1n) is 12.4. The highest BCUT2D eigenvalue weighted by Gasteiger charge is 2.29. The molecule has 1 aliphatic rings. The van der Waals surface area contributed by atoms with Crippen LogP contribution in [-0.4, -0.2) is 55.8 Å². The number of benzene rings is 2. The van der Waals surface area contributed by atoms with E-state index in [0.29, 0.717) is 24.1 Å². The van der Waals surface area contributed by atoms with Gasteiger partial charge in [-0.05, 0) is 43.5 Å². The number of aromatic amines is 1. The molecule has 1 fully saturated rings. The van der Waals surface area contributed by atoms with Crippen LogP contribution >= 0.6 is 11.6 Å². The molecule has 0 aliphatic carbocycles. The minimum absolute atomic E-state index is 0.0318. The molecule has 0 radical (unpaired) electrons. The number of amides is 1. The molecule has 2 aromatic carbocycles. The van der Waals surface area contributed by atoms with E-state index in [1.165, 1.54) is 0 Å². The number of halogens is 1. The van der Waals surface area contributed by atoms with Gasteiger partial charge in [0.25, 0.3) is 0 Å². The zero-order chi connectivity index (χ0) is 25.8. The van der Waals surface area contributed by atoms with Crippen LogP contribution in [0.15, 0.2) is 66.9 Å². The van der Waals surface area contributed by atoms with Crippen molar-refractivity contribution in [3.8, 4) is 22.5 Å². The Morgan fingerprint density at radius 1 is 1.14 bits per heavy atom. The number of carbonyl (C=O) groups excluding carboxylic acids is 1. The van der Waals surface area contributed by atoms with Gasteiger partial charge >= 0.3 is 0 Å². The van der Waals surface area contributed by atoms with Gasteiger partial charge in [0.15, 0.2) is 0 Å². The van der Waals surface area contributed by atoms with E-state index in [-0.39, 0.29) is 17.9 Å². The van der Waals surface area contributed by atoms with Gasteiger partial charge in [0.2, 0.25) is 11.9 Å². The van der Waals surface area contributed by atoms with E-state index >= 15 is 0 Å². The number of likely N-dealkylation sites (tertiary alicyclic amines) is 1. The van der Waals surface area contributed by atoms with Crippen LogP contribution < -0.4 is 5.32 Å². The zero-order valence-corrected chi connectivity index (χ0v) is 21.3. The summed E-state index contributed by atoms with van der Waals surface area (Å²) in [4.78, 5) is 23.0. The minimum atomic E-state index is -0.460. The van der Waals surface area contributed by atoms with Gasteiger partial charge in [0, 0.05) is 47.0 Å². The Balaban J connectivity index is 1.49. The van der Waals surface area contributed by atoms with Crippen molar-refractivity contribution in [2.45, 2.75) is 31.7 Å². The highest BCUT2D eigenvalue weighted by atomic mass is 35.5. The molecule has 8 nitrogen and oxygen atoms in total. The van der Waals surface area contributed by atoms with E-state index in [4.69, 9.17) is 21.7 Å². The standard InChI is InChI=1S/C28H29ClN6O2/c1-18(19-5-3-2-4-6-19)31-28-30-14-11-23(32-28)25-26(20-7-9-22(29)10-8-20)33-34-27(25)21-12-15-35(16-13-21)24(37)17-36/h2-11,14,18,21,36H,12-13,15-17H2,1H3,(H,33,34)(H,30,31,32). The second-order valence-electron chi connectivity index (χ2n) is 9.22. The van der Waals surface area contributed by atoms with E-state index in [9.17, 15) is 9.90 Å². The summed E-state index contributed by atoms with van der Waals surface area (Å²) in [6, 6.07) is 19.7. The van der Waals surface area contributed by atoms with Crippen molar-refractivity contribution in [2.24, 2.45) is 0 Å². The van der Waals surface area contributed by atoms with E-state index in [0.717, 1.165) is 46.6 Å². The first-order valence-corrected chi connectivity index (χ1v) is 12.8. The number of aromatic nitrogens is 4. The van der Waals surface area contributed by atoms with Crippen LogP contribution in [0.5, 0.6) is 0 Å². The van der Waals surface area contributed by atoms with Gasteiger partial charge in [-0.3, -0.25) is 9.89 Å². The first kappa shape index (κ1) is 24.9. The third-order valence-corrected chi connectivity index (χ3v) is 7.11. The highest BCUT2D eigenvalue weighted by molar-refractivity contribution is 6.30. The summed E-state index contributed by atoms with van der Waals surface area (Å²) in [5.74, 6) is 0.469. The van der Waals surface area contributed by atoms with Crippen molar-refractivity contribution in [3.05, 3.63) is 83.1 Å². The SMILES string of the molecule is CC(Nc1nccc(-c2c(-c3ccc(Cl)cc3)n[nH]c2C2CCN(C(=O)CO)CC2)n1)c1ccccc1. The van der Waals surface area contributed by atoms with Gasteiger partial charge in [0.05, 0.1) is 11.7 Å². The predicted molar refractivity (Wildman–Crippen MR) is 144 cm³/mol. The number of anilines is 1. The Kier molecular flexibility index (Phi) is 7.48. The van der Waals surface area contributed by atoms with Crippen LogP contribution in [-0.2, 0) is 4.79 Å². The molecule has 3 heterocycles. The Morgan fingerprint density at radius 3 is 2.57 bits per heavy atom. The molecule has 1 saturated heterocycles. The number of nitrogens with zero attached hydrogens (tertiary/aromatic N) is 4. The Labute approximate surface area is 220 Å². The second kappa shape index (κ2) is 11.1. The van der Waals surface area contributed by atoms with Crippen molar-refractivity contribution in [3.63, 3.8) is 0 Å². The summed E-state index contributed by atoms with van der Waals surface area (Å²) < 4.78 is 0. The quantitative estimate of drug-likeness (QED) is 0.317. The van der Waals surface area contributed by atoms with Crippen LogP contribution in [0.1, 0.15) is 43.0 Å². The van der Waals surface area contributed by atoms with E-state index in [1.807, 2.05) is 48.5 Å². The molecule has 0 saturated carbocycles. The van der Waals surface area contributed by atoms with Crippen molar-refractivity contribution in [1.82, 2.24) is 25.1 Å². The number of piperidine rings is 1. The molecule has 1 aliphatic heterocycles. The average Bonchev–Trinajstić information content (AvgIpc) is 3.39. The topological polar surface area (TPSA) is 107 Å². The molecule has 1 unspecified atom stereocenters. The number of hydrogen-bond acceptors (Lipinski definition) is 6. The molecule has 5 rings (SSSR count). The lowest BCUT2D eigenvalue weighted by Gasteiger charge is -2.31. The van der Waals surface area contributed by atoms with Crippen molar-refractivity contribution in [1.29, 1.82) is 0 Å². The van der Waals surface area contributed by atoms with Gasteiger partial charge in [-0.25, -0.2) is 9.97 Å². The van der Waals surface area contributed by atoms with Crippen LogP contribution in [0.3, 0.4) is 0 Å². The summed E-state index contributed by atoms with van der Waals surface area (Å²) in [7, 11) is 0. The number of hydrogen-bond donors (Lipinski definition) is 3. The van der Waals surface area contributed by atoms with Gasteiger partial charge in [-0.1, -0.05) is 54.1 Å². The molecular formula is C28H29ClN6O2. The summed E-state index contributed by atoms with van der Waals surface area (Å²) in [5, 5.41) is 21.3. The molecule has 3 N–H and O–H groups in total. The molecule has 4 aromatic rings. The van der Waals surface area contributed by atoms with Crippen LogP contribution in [0.25, 0.3) is 22.5 Å². The molecule has 9 heteroatoms. The predicted octanol–water partition coefficient (Wildman–Crippen LogP) is 5.06. The third kappa shape index (κ3) is 5.50. The lowest BCUT2D eigenvalue weighted by molar-refractivity contribution is -0.135. The summed E-state index contributed by atoms with van der Waals surface area (Å²) in [5.41, 5.74) is 5.54. The fraction of sp³-hybridized carbons (Fsp3) is 0.286. The van der Waals surface area contributed by atoms with E-state index < -0.39 is 6.61 Å². The summed E-state index contributed by atoms with van der Waals surface area (Å²) in [6.07, 6.45) is 3.29. The maximum atomic E-state index is 12.0. The maximum absolute atomic E-state index is 12.0. The Hall–Kier alpha value is -3.75. The average molecular weight is 517 g/mol. The molecule has 37 heavy (non-hydrogen) atoms. The van der Waals surface area contributed by atoms with Gasteiger partial charge in [-0.2, -0.15) is 5.10 Å². The molecule has 2 aromatic heterocycles. The largest absolute Gasteiger partial charge is 0.387 e. The number of H-pyrrole nitrogens is 1. The second-order valence-corrected chi connectivity index (χ2v) is 9.66. The molecule has 190 valence electrons. The number of aliphatic hydroxyl groups excluding tert-OH is 1. The highest BCUT2D eigenvalue weighted by Crippen LogP contribution is 2.39. The number of nitrogens with one attached hydrogen (secondary N) is 2. The molecular weight excluding hydrogens is 488 g/mol. The normalized spacial score (nSPS) is 14.9. The lowest BCUT2D eigenvalue weighted by Crippen LogP contribution is -2.39. The fourth-order valence-corrected chi connectivity index (χ4v) is 4.96. The van der Waals surface area contributed by atoms with Crippen LogP contribution in [0.4, 0.5) is 5.95 Å². The van der Waals surface area contributed by atoms with E-state index in [2.05, 4.69) is 34.5 Å². The Bertz CT molecular complexity index is 1350. The maximum Gasteiger partial charge on any atom is 0.248 e.